The molecule has 1 N–H and O–H groups in total. The number of rotatable bonds is 7. The van der Waals surface area contributed by atoms with Gasteiger partial charge in [-0.25, -0.2) is 0 Å². The van der Waals surface area contributed by atoms with E-state index < -0.39 is 0 Å². The second kappa shape index (κ2) is 6.72. The Morgan fingerprint density at radius 2 is 2.00 bits per heavy atom. The Morgan fingerprint density at radius 1 is 1.38 bits per heavy atom. The van der Waals surface area contributed by atoms with E-state index in [9.17, 15) is 0 Å². The predicted octanol–water partition coefficient (Wildman–Crippen LogP) is 3.15. The van der Waals surface area contributed by atoms with Crippen molar-refractivity contribution >= 4 is 11.8 Å². The zero-order valence-electron chi connectivity index (χ0n) is 9.81. The molecule has 0 amide bonds. The Labute approximate surface area is 88.1 Å². The van der Waals surface area contributed by atoms with Crippen molar-refractivity contribution in [3.05, 3.63) is 0 Å². The zero-order valence-corrected chi connectivity index (χ0v) is 10.6. The molecule has 0 saturated heterocycles. The first kappa shape index (κ1) is 13.3. The van der Waals surface area contributed by atoms with Gasteiger partial charge in [-0.2, -0.15) is 11.8 Å². The lowest BCUT2D eigenvalue weighted by molar-refractivity contribution is 0.272. The van der Waals surface area contributed by atoms with Gasteiger partial charge in [0.2, 0.25) is 0 Å². The van der Waals surface area contributed by atoms with Crippen LogP contribution in [0.2, 0.25) is 0 Å². The summed E-state index contributed by atoms with van der Waals surface area (Å²) in [5.74, 6) is 1.30. The second-order valence-electron chi connectivity index (χ2n) is 4.65. The maximum atomic E-state index is 3.31. The highest BCUT2D eigenvalue weighted by Gasteiger charge is 2.19. The first-order chi connectivity index (χ1) is 6.02. The van der Waals surface area contributed by atoms with Crippen LogP contribution in [0.25, 0.3) is 0 Å². The minimum Gasteiger partial charge on any atom is -0.317 e. The number of hydrogen-bond donors (Lipinski definition) is 1. The first-order valence-corrected chi connectivity index (χ1v) is 6.57. The minimum absolute atomic E-state index is 0.498. The van der Waals surface area contributed by atoms with Crippen molar-refractivity contribution in [1.82, 2.24) is 5.32 Å². The summed E-state index contributed by atoms with van der Waals surface area (Å²) in [6.07, 6.45) is 6.16. The summed E-state index contributed by atoms with van der Waals surface area (Å²) >= 11 is 1.95. The average molecular weight is 203 g/mol. The van der Waals surface area contributed by atoms with Gasteiger partial charge in [0, 0.05) is 6.04 Å². The molecule has 0 aromatic heterocycles. The number of nitrogens with one attached hydrogen (secondary N) is 1. The van der Waals surface area contributed by atoms with Crippen molar-refractivity contribution < 1.29 is 0 Å². The summed E-state index contributed by atoms with van der Waals surface area (Å²) in [6, 6.07) is 0.643. The fraction of sp³-hybridized carbons (Fsp3) is 1.00. The van der Waals surface area contributed by atoms with Crippen LogP contribution in [0.5, 0.6) is 0 Å². The molecule has 0 bridgehead atoms. The molecule has 0 spiro atoms. The monoisotopic (exact) mass is 203 g/mol. The highest BCUT2D eigenvalue weighted by molar-refractivity contribution is 7.98. The van der Waals surface area contributed by atoms with E-state index in [1.54, 1.807) is 0 Å². The molecular weight excluding hydrogens is 178 g/mol. The lowest BCUT2D eigenvalue weighted by Crippen LogP contribution is -2.28. The van der Waals surface area contributed by atoms with E-state index in [-0.39, 0.29) is 0 Å². The average Bonchev–Trinajstić information content (AvgIpc) is 2.03. The minimum atomic E-state index is 0.498. The van der Waals surface area contributed by atoms with Gasteiger partial charge in [0.15, 0.2) is 0 Å². The van der Waals surface area contributed by atoms with E-state index >= 15 is 0 Å². The van der Waals surface area contributed by atoms with Crippen LogP contribution >= 0.6 is 11.8 Å². The van der Waals surface area contributed by atoms with Gasteiger partial charge in [-0.1, -0.05) is 13.8 Å². The third kappa shape index (κ3) is 7.39. The standard InChI is InChI=1S/C11H25NS/c1-10(12-4)9-11(2,3)7-6-8-13-5/h10,12H,6-9H2,1-5H3. The van der Waals surface area contributed by atoms with Gasteiger partial charge < -0.3 is 5.32 Å². The molecule has 0 saturated carbocycles. The quantitative estimate of drug-likeness (QED) is 0.638. The molecule has 2 heteroatoms. The molecule has 0 fully saturated rings. The van der Waals surface area contributed by atoms with Crippen molar-refractivity contribution in [2.24, 2.45) is 5.41 Å². The van der Waals surface area contributed by atoms with Gasteiger partial charge in [0.1, 0.15) is 0 Å². The Morgan fingerprint density at radius 3 is 2.46 bits per heavy atom. The molecule has 1 nitrogen and oxygen atoms in total. The van der Waals surface area contributed by atoms with Crippen molar-refractivity contribution in [3.8, 4) is 0 Å². The van der Waals surface area contributed by atoms with Crippen LogP contribution in [0.1, 0.15) is 40.0 Å². The molecule has 0 heterocycles. The van der Waals surface area contributed by atoms with E-state index in [4.69, 9.17) is 0 Å². The van der Waals surface area contributed by atoms with Gasteiger partial charge in [-0.3, -0.25) is 0 Å². The molecule has 0 aromatic carbocycles. The van der Waals surface area contributed by atoms with Gasteiger partial charge in [-0.15, -0.1) is 0 Å². The second-order valence-corrected chi connectivity index (χ2v) is 5.64. The fourth-order valence-electron chi connectivity index (χ4n) is 1.73. The maximum Gasteiger partial charge on any atom is 0.00408 e. The lowest BCUT2D eigenvalue weighted by atomic mass is 9.82. The summed E-state index contributed by atoms with van der Waals surface area (Å²) < 4.78 is 0. The molecule has 1 atom stereocenters. The molecule has 80 valence electrons. The summed E-state index contributed by atoms with van der Waals surface area (Å²) in [4.78, 5) is 0. The lowest BCUT2D eigenvalue weighted by Gasteiger charge is -2.27. The molecule has 0 radical (unpaired) electrons. The highest BCUT2D eigenvalue weighted by atomic mass is 32.2. The Hall–Kier alpha value is 0.310. The summed E-state index contributed by atoms with van der Waals surface area (Å²) in [7, 11) is 2.04. The molecule has 0 aliphatic carbocycles. The van der Waals surface area contributed by atoms with E-state index in [0.717, 1.165) is 0 Å². The van der Waals surface area contributed by atoms with Crippen molar-refractivity contribution in [2.45, 2.75) is 46.1 Å². The SMILES string of the molecule is CNC(C)CC(C)(C)CCCSC. The fourth-order valence-corrected chi connectivity index (χ4v) is 2.16. The van der Waals surface area contributed by atoms with Gasteiger partial charge in [-0.05, 0) is 50.7 Å². The van der Waals surface area contributed by atoms with Crippen molar-refractivity contribution in [1.29, 1.82) is 0 Å². The third-order valence-electron chi connectivity index (χ3n) is 2.55. The van der Waals surface area contributed by atoms with Crippen LogP contribution in [-0.2, 0) is 0 Å². The van der Waals surface area contributed by atoms with Crippen molar-refractivity contribution in [2.75, 3.05) is 19.1 Å². The van der Waals surface area contributed by atoms with Gasteiger partial charge in [0.25, 0.3) is 0 Å². The molecule has 0 aromatic rings. The normalized spacial score (nSPS) is 14.5. The van der Waals surface area contributed by atoms with Crippen LogP contribution in [0.15, 0.2) is 0 Å². The Balaban J connectivity index is 3.65. The summed E-state index contributed by atoms with van der Waals surface area (Å²) in [6.45, 7) is 7.01. The predicted molar refractivity (Wildman–Crippen MR) is 64.5 cm³/mol. The topological polar surface area (TPSA) is 12.0 Å². The van der Waals surface area contributed by atoms with Crippen molar-refractivity contribution in [3.63, 3.8) is 0 Å². The van der Waals surface area contributed by atoms with Crippen LogP contribution in [0, 0.1) is 5.41 Å². The number of thioether (sulfide) groups is 1. The van der Waals surface area contributed by atoms with E-state index in [1.165, 1.54) is 25.0 Å². The van der Waals surface area contributed by atoms with Crippen LogP contribution < -0.4 is 5.32 Å². The van der Waals surface area contributed by atoms with Crippen LogP contribution in [0.3, 0.4) is 0 Å². The highest BCUT2D eigenvalue weighted by Crippen LogP contribution is 2.28. The smallest absolute Gasteiger partial charge is 0.00408 e. The van der Waals surface area contributed by atoms with E-state index in [1.807, 2.05) is 18.8 Å². The molecule has 0 aliphatic heterocycles. The maximum absolute atomic E-state index is 3.31. The molecule has 0 rings (SSSR count). The third-order valence-corrected chi connectivity index (χ3v) is 3.25. The molecule has 1 unspecified atom stereocenters. The number of hydrogen-bond acceptors (Lipinski definition) is 2. The zero-order chi connectivity index (χ0) is 10.3. The summed E-state index contributed by atoms with van der Waals surface area (Å²) in [5.41, 5.74) is 0.498. The van der Waals surface area contributed by atoms with E-state index in [0.29, 0.717) is 11.5 Å². The molecule has 0 aliphatic rings. The Bertz CT molecular complexity index is 123. The van der Waals surface area contributed by atoms with Crippen LogP contribution in [0.4, 0.5) is 0 Å². The largest absolute Gasteiger partial charge is 0.317 e. The first-order valence-electron chi connectivity index (χ1n) is 5.18. The molecule has 13 heavy (non-hydrogen) atoms. The Kier molecular flexibility index (Phi) is 6.88. The molecular formula is C11H25NS. The van der Waals surface area contributed by atoms with Gasteiger partial charge >= 0.3 is 0 Å². The van der Waals surface area contributed by atoms with Gasteiger partial charge in [0.05, 0.1) is 0 Å². The van der Waals surface area contributed by atoms with E-state index in [2.05, 4.69) is 32.3 Å². The summed E-state index contributed by atoms with van der Waals surface area (Å²) in [5, 5.41) is 3.31. The van der Waals surface area contributed by atoms with Crippen LogP contribution in [-0.4, -0.2) is 25.1 Å².